The molecule has 0 fully saturated rings. The third-order valence-electron chi connectivity index (χ3n) is 9.13. The summed E-state index contributed by atoms with van der Waals surface area (Å²) in [7, 11) is 0. The van der Waals surface area contributed by atoms with E-state index in [9.17, 15) is 0 Å². The van der Waals surface area contributed by atoms with Crippen molar-refractivity contribution in [3.63, 3.8) is 0 Å². The van der Waals surface area contributed by atoms with Gasteiger partial charge in [0.2, 0.25) is 0 Å². The highest BCUT2D eigenvalue weighted by Gasteiger charge is 2.18. The van der Waals surface area contributed by atoms with Crippen LogP contribution in [0.4, 0.5) is 0 Å². The lowest BCUT2D eigenvalue weighted by Crippen LogP contribution is -1.94. The lowest BCUT2D eigenvalue weighted by molar-refractivity contribution is 0.667. The van der Waals surface area contributed by atoms with Crippen molar-refractivity contribution in [2.45, 2.75) is 0 Å². The van der Waals surface area contributed by atoms with Gasteiger partial charge in [-0.05, 0) is 68.8 Å². The Bertz CT molecular complexity index is 2570. The minimum absolute atomic E-state index is 0.663. The molecule has 0 saturated carbocycles. The normalized spacial score (nSPS) is 11.3. The zero-order valence-corrected chi connectivity index (χ0v) is 26.6. The molecule has 0 spiro atoms. The predicted octanol–water partition coefficient (Wildman–Crippen LogP) is 12.4. The summed E-state index contributed by atoms with van der Waals surface area (Å²) in [6, 6.07) is 63.5. The highest BCUT2D eigenvalue weighted by atomic mass is 16.3. The van der Waals surface area contributed by atoms with Crippen molar-refractivity contribution in [3.05, 3.63) is 182 Å². The molecular weight excluding hydrogens is 597 g/mol. The molecule has 0 saturated heterocycles. The SMILES string of the molecule is c1ccc(-c2ccc(-c3cccc(-c4cccc(-c5nc(-c6ccc(-c7ccccc7)cc6)c6oc7ccccc7c6n5)c4)c3)cc2)cc1. The lowest BCUT2D eigenvalue weighted by atomic mass is 9.96. The number of para-hydroxylation sites is 1. The summed E-state index contributed by atoms with van der Waals surface area (Å²) >= 11 is 0. The topological polar surface area (TPSA) is 38.9 Å². The fraction of sp³-hybridized carbons (Fsp3) is 0. The van der Waals surface area contributed by atoms with Crippen molar-refractivity contribution in [1.29, 1.82) is 0 Å². The van der Waals surface area contributed by atoms with Gasteiger partial charge in [-0.2, -0.15) is 0 Å². The number of benzene rings is 7. The molecule has 9 rings (SSSR count). The number of fused-ring (bicyclic) bond motifs is 3. The van der Waals surface area contributed by atoms with Crippen LogP contribution < -0.4 is 0 Å². The summed E-state index contributed by atoms with van der Waals surface area (Å²) < 4.78 is 6.40. The quantitative estimate of drug-likeness (QED) is 0.184. The number of nitrogens with zero attached hydrogens (tertiary/aromatic N) is 2. The van der Waals surface area contributed by atoms with Crippen LogP contribution in [0, 0.1) is 0 Å². The van der Waals surface area contributed by atoms with E-state index < -0.39 is 0 Å². The van der Waals surface area contributed by atoms with Gasteiger partial charge in [0.25, 0.3) is 0 Å². The average Bonchev–Trinajstić information content (AvgIpc) is 3.57. The van der Waals surface area contributed by atoms with Gasteiger partial charge >= 0.3 is 0 Å². The van der Waals surface area contributed by atoms with Crippen molar-refractivity contribution in [3.8, 4) is 67.2 Å². The summed E-state index contributed by atoms with van der Waals surface area (Å²) in [6.07, 6.45) is 0. The van der Waals surface area contributed by atoms with Crippen molar-refractivity contribution >= 4 is 22.1 Å². The van der Waals surface area contributed by atoms with Crippen LogP contribution in [0.1, 0.15) is 0 Å². The minimum Gasteiger partial charge on any atom is -0.452 e. The molecule has 3 heteroatoms. The predicted molar refractivity (Wildman–Crippen MR) is 202 cm³/mol. The molecule has 7 aromatic carbocycles. The maximum absolute atomic E-state index is 6.40. The summed E-state index contributed by atoms with van der Waals surface area (Å²) in [4.78, 5) is 10.3. The van der Waals surface area contributed by atoms with Crippen LogP contribution in [0.15, 0.2) is 186 Å². The van der Waals surface area contributed by atoms with Crippen LogP contribution in [0.3, 0.4) is 0 Å². The Morgan fingerprint density at radius 1 is 0.327 bits per heavy atom. The molecule has 0 N–H and O–H groups in total. The van der Waals surface area contributed by atoms with Gasteiger partial charge in [0, 0.05) is 16.5 Å². The Morgan fingerprint density at radius 3 is 1.37 bits per heavy atom. The monoisotopic (exact) mass is 626 g/mol. The number of furan rings is 1. The third kappa shape index (κ3) is 5.48. The molecule has 0 amide bonds. The van der Waals surface area contributed by atoms with Gasteiger partial charge in [-0.25, -0.2) is 9.97 Å². The standard InChI is InChI=1S/C46H30N2O/c1-3-11-31(12-4-1)33-21-23-35(24-22-33)37-15-9-16-38(29-37)39-17-10-18-40(30-39)46-47-43(45-44(48-46)41-19-7-8-20-42(41)49-45)36-27-25-34(26-28-36)32-13-5-2-6-14-32/h1-30H. The van der Waals surface area contributed by atoms with E-state index >= 15 is 0 Å². The molecule has 0 radical (unpaired) electrons. The fourth-order valence-corrected chi connectivity index (χ4v) is 6.57. The number of hydrogen-bond acceptors (Lipinski definition) is 3. The van der Waals surface area contributed by atoms with E-state index in [2.05, 4.69) is 152 Å². The lowest BCUT2D eigenvalue weighted by Gasteiger charge is -2.10. The molecule has 0 aliphatic carbocycles. The maximum atomic E-state index is 6.40. The molecule has 2 heterocycles. The highest BCUT2D eigenvalue weighted by Crippen LogP contribution is 2.37. The van der Waals surface area contributed by atoms with E-state index in [1.807, 2.05) is 30.3 Å². The molecule has 0 unspecified atom stereocenters. The van der Waals surface area contributed by atoms with E-state index in [0.717, 1.165) is 50.0 Å². The Hall–Kier alpha value is -6.58. The Balaban J connectivity index is 1.10. The van der Waals surface area contributed by atoms with Gasteiger partial charge in [0.15, 0.2) is 11.4 Å². The van der Waals surface area contributed by atoms with Crippen molar-refractivity contribution in [1.82, 2.24) is 9.97 Å². The van der Waals surface area contributed by atoms with E-state index in [4.69, 9.17) is 14.4 Å². The Labute approximate surface area is 284 Å². The Kier molecular flexibility index (Phi) is 7.14. The number of hydrogen-bond donors (Lipinski definition) is 0. The molecule has 2 aromatic heterocycles. The molecule has 0 aliphatic heterocycles. The Morgan fingerprint density at radius 2 is 0.755 bits per heavy atom. The summed E-state index contributed by atoms with van der Waals surface area (Å²) in [6.45, 7) is 0. The van der Waals surface area contributed by atoms with Crippen LogP contribution in [-0.2, 0) is 0 Å². The third-order valence-corrected chi connectivity index (χ3v) is 9.13. The first-order chi connectivity index (χ1) is 24.3. The molecule has 49 heavy (non-hydrogen) atoms. The van der Waals surface area contributed by atoms with Crippen LogP contribution in [0.2, 0.25) is 0 Å². The highest BCUT2D eigenvalue weighted by molar-refractivity contribution is 6.07. The fourth-order valence-electron chi connectivity index (χ4n) is 6.57. The van der Waals surface area contributed by atoms with Crippen LogP contribution in [0.5, 0.6) is 0 Å². The van der Waals surface area contributed by atoms with Crippen molar-refractivity contribution in [2.24, 2.45) is 0 Å². The van der Waals surface area contributed by atoms with Gasteiger partial charge in [-0.1, -0.05) is 158 Å². The second-order valence-corrected chi connectivity index (χ2v) is 12.2. The van der Waals surface area contributed by atoms with Gasteiger partial charge in [0.1, 0.15) is 16.8 Å². The molecule has 230 valence electrons. The van der Waals surface area contributed by atoms with Crippen molar-refractivity contribution < 1.29 is 4.42 Å². The van der Waals surface area contributed by atoms with E-state index in [-0.39, 0.29) is 0 Å². The van der Waals surface area contributed by atoms with E-state index in [0.29, 0.717) is 11.4 Å². The average molecular weight is 627 g/mol. The van der Waals surface area contributed by atoms with E-state index in [1.54, 1.807) is 0 Å². The van der Waals surface area contributed by atoms with E-state index in [1.165, 1.54) is 27.8 Å². The smallest absolute Gasteiger partial charge is 0.180 e. The van der Waals surface area contributed by atoms with Crippen molar-refractivity contribution in [2.75, 3.05) is 0 Å². The zero-order chi connectivity index (χ0) is 32.6. The van der Waals surface area contributed by atoms with Gasteiger partial charge in [0.05, 0.1) is 0 Å². The van der Waals surface area contributed by atoms with Gasteiger partial charge in [-0.3, -0.25) is 0 Å². The summed E-state index contributed by atoms with van der Waals surface area (Å²) in [5.74, 6) is 0.663. The molecular formula is C46H30N2O. The molecule has 0 bridgehead atoms. The minimum atomic E-state index is 0.663. The molecule has 0 aliphatic rings. The number of rotatable bonds is 6. The van der Waals surface area contributed by atoms with Crippen LogP contribution in [-0.4, -0.2) is 9.97 Å². The molecule has 0 atom stereocenters. The van der Waals surface area contributed by atoms with Crippen LogP contribution >= 0.6 is 0 Å². The first-order valence-electron chi connectivity index (χ1n) is 16.5. The zero-order valence-electron chi connectivity index (χ0n) is 26.6. The summed E-state index contributed by atoms with van der Waals surface area (Å²) in [5, 5.41) is 0.977. The van der Waals surface area contributed by atoms with Crippen LogP contribution in [0.25, 0.3) is 89.2 Å². The van der Waals surface area contributed by atoms with Gasteiger partial charge < -0.3 is 4.42 Å². The summed E-state index contributed by atoms with van der Waals surface area (Å²) in [5.41, 5.74) is 14.4. The first-order valence-corrected chi connectivity index (χ1v) is 16.5. The first kappa shape index (κ1) is 28.6. The number of aromatic nitrogens is 2. The second-order valence-electron chi connectivity index (χ2n) is 12.2. The second kappa shape index (κ2) is 12.2. The molecule has 3 nitrogen and oxygen atoms in total. The maximum Gasteiger partial charge on any atom is 0.180 e. The molecule has 9 aromatic rings. The largest absolute Gasteiger partial charge is 0.452 e. The van der Waals surface area contributed by atoms with Gasteiger partial charge in [-0.15, -0.1) is 0 Å².